The molecule has 0 saturated carbocycles. The molecular formula is C17H23NO3. The number of hydrogen-bond donors (Lipinski definition) is 2. The second-order valence-electron chi connectivity index (χ2n) is 5.40. The van der Waals surface area contributed by atoms with Gasteiger partial charge < -0.3 is 19.6 Å². The highest BCUT2D eigenvalue weighted by molar-refractivity contribution is 5.41. The van der Waals surface area contributed by atoms with Crippen LogP contribution in [0.15, 0.2) is 28.7 Å². The lowest BCUT2D eigenvalue weighted by molar-refractivity contribution is 0.401. The first kappa shape index (κ1) is 15.4. The van der Waals surface area contributed by atoms with Gasteiger partial charge >= 0.3 is 0 Å². The normalized spacial score (nSPS) is 14.0. The highest BCUT2D eigenvalue weighted by Crippen LogP contribution is 2.30. The molecule has 4 nitrogen and oxygen atoms in total. The van der Waals surface area contributed by atoms with Gasteiger partial charge in [-0.3, -0.25) is 0 Å². The number of methoxy groups -OCH3 is 1. The lowest BCUT2D eigenvalue weighted by Gasteiger charge is -2.21. The van der Waals surface area contributed by atoms with Crippen molar-refractivity contribution in [2.45, 2.75) is 39.8 Å². The number of ether oxygens (including phenoxy) is 1. The Balaban J connectivity index is 2.14. The van der Waals surface area contributed by atoms with Gasteiger partial charge in [0.2, 0.25) is 0 Å². The molecule has 2 aromatic rings. The molecule has 2 unspecified atom stereocenters. The Morgan fingerprint density at radius 2 is 1.76 bits per heavy atom. The van der Waals surface area contributed by atoms with E-state index in [4.69, 9.17) is 9.15 Å². The van der Waals surface area contributed by atoms with Crippen LogP contribution in [0.5, 0.6) is 11.5 Å². The number of nitrogens with one attached hydrogen (secondary N) is 1. The summed E-state index contributed by atoms with van der Waals surface area (Å²) in [5.74, 6) is 2.73. The van der Waals surface area contributed by atoms with Crippen molar-refractivity contribution in [3.63, 3.8) is 0 Å². The van der Waals surface area contributed by atoms with E-state index in [0.717, 1.165) is 22.6 Å². The second kappa shape index (κ2) is 6.22. The minimum Gasteiger partial charge on any atom is -0.507 e. The first-order chi connectivity index (χ1) is 9.92. The van der Waals surface area contributed by atoms with E-state index < -0.39 is 0 Å². The van der Waals surface area contributed by atoms with Gasteiger partial charge in [-0.2, -0.15) is 0 Å². The summed E-state index contributed by atoms with van der Waals surface area (Å²) in [5.41, 5.74) is 1.99. The number of hydrogen-bond acceptors (Lipinski definition) is 4. The summed E-state index contributed by atoms with van der Waals surface area (Å²) in [6.45, 7) is 8.03. The molecule has 1 aromatic carbocycles. The molecule has 0 aliphatic heterocycles. The van der Waals surface area contributed by atoms with Crippen LogP contribution in [0.3, 0.4) is 0 Å². The zero-order valence-corrected chi connectivity index (χ0v) is 13.2. The van der Waals surface area contributed by atoms with Crippen LogP contribution in [0, 0.1) is 13.8 Å². The SMILES string of the molecule is COc1ccc(C(C)NC(C)c2cc(C)oc2C)c(O)c1. The smallest absolute Gasteiger partial charge is 0.124 e. The molecule has 0 amide bonds. The van der Waals surface area contributed by atoms with Crippen molar-refractivity contribution >= 4 is 0 Å². The van der Waals surface area contributed by atoms with E-state index in [0.29, 0.717) is 5.75 Å². The van der Waals surface area contributed by atoms with E-state index in [1.807, 2.05) is 39.0 Å². The largest absolute Gasteiger partial charge is 0.507 e. The summed E-state index contributed by atoms with van der Waals surface area (Å²) in [7, 11) is 1.59. The third-order valence-corrected chi connectivity index (χ3v) is 3.75. The van der Waals surface area contributed by atoms with Crippen molar-refractivity contribution in [2.75, 3.05) is 7.11 Å². The van der Waals surface area contributed by atoms with E-state index in [-0.39, 0.29) is 17.8 Å². The van der Waals surface area contributed by atoms with Crippen LogP contribution in [0.2, 0.25) is 0 Å². The number of furan rings is 1. The highest BCUT2D eigenvalue weighted by Gasteiger charge is 2.17. The quantitative estimate of drug-likeness (QED) is 0.872. The number of aromatic hydroxyl groups is 1. The van der Waals surface area contributed by atoms with Gasteiger partial charge in [-0.15, -0.1) is 0 Å². The topological polar surface area (TPSA) is 54.6 Å². The minimum atomic E-state index is 0.0144. The molecule has 2 rings (SSSR count). The lowest BCUT2D eigenvalue weighted by Crippen LogP contribution is -2.22. The number of aryl methyl sites for hydroxylation is 2. The molecule has 0 radical (unpaired) electrons. The molecular weight excluding hydrogens is 266 g/mol. The van der Waals surface area contributed by atoms with Gasteiger partial charge in [0.1, 0.15) is 23.0 Å². The molecule has 0 saturated heterocycles. The number of phenols is 1. The molecule has 21 heavy (non-hydrogen) atoms. The highest BCUT2D eigenvalue weighted by atomic mass is 16.5. The maximum atomic E-state index is 10.1. The predicted octanol–water partition coefficient (Wildman–Crippen LogP) is 4.02. The summed E-state index contributed by atoms with van der Waals surface area (Å²) in [4.78, 5) is 0. The first-order valence-corrected chi connectivity index (χ1v) is 7.12. The molecule has 0 aliphatic rings. The van der Waals surface area contributed by atoms with Crippen molar-refractivity contribution in [3.05, 3.63) is 46.9 Å². The fourth-order valence-corrected chi connectivity index (χ4v) is 2.65. The molecule has 2 atom stereocenters. The molecule has 0 fully saturated rings. The van der Waals surface area contributed by atoms with Gasteiger partial charge in [-0.05, 0) is 39.8 Å². The van der Waals surface area contributed by atoms with Crippen molar-refractivity contribution in [1.82, 2.24) is 5.32 Å². The number of benzene rings is 1. The number of rotatable bonds is 5. The zero-order chi connectivity index (χ0) is 15.6. The Hall–Kier alpha value is -1.94. The van der Waals surface area contributed by atoms with Crippen LogP contribution in [0.25, 0.3) is 0 Å². The Bertz CT molecular complexity index is 618. The van der Waals surface area contributed by atoms with Crippen molar-refractivity contribution in [1.29, 1.82) is 0 Å². The molecule has 114 valence electrons. The minimum absolute atomic E-state index is 0.0144. The molecule has 2 N–H and O–H groups in total. The molecule has 0 aliphatic carbocycles. The Morgan fingerprint density at radius 1 is 1.10 bits per heavy atom. The fraction of sp³-hybridized carbons (Fsp3) is 0.412. The van der Waals surface area contributed by atoms with Crippen LogP contribution in [-0.2, 0) is 0 Å². The van der Waals surface area contributed by atoms with Gasteiger partial charge in [0.05, 0.1) is 7.11 Å². The van der Waals surface area contributed by atoms with E-state index in [1.54, 1.807) is 13.2 Å². The average molecular weight is 289 g/mol. The molecule has 1 aromatic heterocycles. The Kier molecular flexibility index (Phi) is 4.58. The van der Waals surface area contributed by atoms with Crippen LogP contribution in [0.4, 0.5) is 0 Å². The van der Waals surface area contributed by atoms with Crippen molar-refractivity contribution < 1.29 is 14.3 Å². The van der Waals surface area contributed by atoms with Crippen molar-refractivity contribution in [2.24, 2.45) is 0 Å². The van der Waals surface area contributed by atoms with Crippen LogP contribution in [0.1, 0.15) is 48.6 Å². The predicted molar refractivity (Wildman–Crippen MR) is 82.8 cm³/mol. The van der Waals surface area contributed by atoms with Gasteiger partial charge in [0.25, 0.3) is 0 Å². The summed E-state index contributed by atoms with van der Waals surface area (Å²) in [6.07, 6.45) is 0. The van der Waals surface area contributed by atoms with E-state index in [1.165, 1.54) is 0 Å². The molecule has 4 heteroatoms. The average Bonchev–Trinajstić information content (AvgIpc) is 2.77. The van der Waals surface area contributed by atoms with Gasteiger partial charge in [-0.25, -0.2) is 0 Å². The van der Waals surface area contributed by atoms with Crippen LogP contribution in [-0.4, -0.2) is 12.2 Å². The summed E-state index contributed by atoms with van der Waals surface area (Å²) in [5, 5.41) is 13.6. The fourth-order valence-electron chi connectivity index (χ4n) is 2.65. The summed E-state index contributed by atoms with van der Waals surface area (Å²) >= 11 is 0. The maximum Gasteiger partial charge on any atom is 0.124 e. The van der Waals surface area contributed by atoms with E-state index >= 15 is 0 Å². The summed E-state index contributed by atoms with van der Waals surface area (Å²) < 4.78 is 10.7. The third kappa shape index (κ3) is 3.39. The van der Waals surface area contributed by atoms with E-state index in [2.05, 4.69) is 12.2 Å². The van der Waals surface area contributed by atoms with Crippen LogP contribution >= 0.6 is 0 Å². The summed E-state index contributed by atoms with van der Waals surface area (Å²) in [6, 6.07) is 7.57. The lowest BCUT2D eigenvalue weighted by atomic mass is 10.0. The molecule has 0 bridgehead atoms. The van der Waals surface area contributed by atoms with Gasteiger partial charge in [0.15, 0.2) is 0 Å². The standard InChI is InChI=1S/C17H23NO3/c1-10-8-16(13(4)21-10)12(3)18-11(2)15-7-6-14(20-5)9-17(15)19/h6-9,11-12,18-19H,1-5H3. The van der Waals surface area contributed by atoms with Crippen LogP contribution < -0.4 is 10.1 Å². The molecule has 1 heterocycles. The van der Waals surface area contributed by atoms with Gasteiger partial charge in [0, 0.05) is 29.3 Å². The Labute approximate surface area is 125 Å². The first-order valence-electron chi connectivity index (χ1n) is 7.12. The Morgan fingerprint density at radius 3 is 2.29 bits per heavy atom. The third-order valence-electron chi connectivity index (χ3n) is 3.75. The van der Waals surface area contributed by atoms with Crippen molar-refractivity contribution in [3.8, 4) is 11.5 Å². The number of phenolic OH excluding ortho intramolecular Hbond substituents is 1. The zero-order valence-electron chi connectivity index (χ0n) is 13.2. The monoisotopic (exact) mass is 289 g/mol. The maximum absolute atomic E-state index is 10.1. The van der Waals surface area contributed by atoms with E-state index in [9.17, 15) is 5.11 Å². The van der Waals surface area contributed by atoms with Gasteiger partial charge in [-0.1, -0.05) is 6.07 Å². The molecule has 0 spiro atoms. The second-order valence-corrected chi connectivity index (χ2v) is 5.40.